The highest BCUT2D eigenvalue weighted by molar-refractivity contribution is 8.13. The molecule has 152 valence electrons. The molecular formula is C9H16F6N2O6S2. The van der Waals surface area contributed by atoms with Gasteiger partial charge in [0.1, 0.15) is 13.2 Å². The smallest absolute Gasteiger partial charge is 0.460 e. The number of likely N-dealkylation sites (N-methyl/N-ethyl adjacent to an activating group) is 1. The van der Waals surface area contributed by atoms with Gasteiger partial charge in [0, 0.05) is 6.92 Å². The van der Waals surface area contributed by atoms with Crippen LogP contribution in [0.15, 0.2) is 0 Å². The molecular weight excluding hydrogens is 410 g/mol. The lowest BCUT2D eigenvalue weighted by Gasteiger charge is -2.23. The molecule has 0 bridgehead atoms. The van der Waals surface area contributed by atoms with Gasteiger partial charge in [-0.3, -0.25) is 4.79 Å². The van der Waals surface area contributed by atoms with E-state index in [1.165, 1.54) is 6.92 Å². The molecule has 0 rings (SSSR count). The maximum Gasteiger partial charge on any atom is 0.480 e. The molecule has 0 aromatic rings. The molecule has 0 atom stereocenters. The van der Waals surface area contributed by atoms with E-state index in [4.69, 9.17) is 4.74 Å². The molecule has 0 N–H and O–H groups in total. The SMILES string of the molecule is CC(=O)OCC[N+](C)(C)C.O=S(=O)([N-]S(=O)(=O)C(F)(F)F)C(F)(F)F. The number of hydrogen-bond acceptors (Lipinski definition) is 6. The van der Waals surface area contributed by atoms with Gasteiger partial charge in [0.05, 0.1) is 21.1 Å². The Bertz CT molecular complexity index is 606. The molecule has 0 aromatic carbocycles. The lowest BCUT2D eigenvalue weighted by Crippen LogP contribution is -2.37. The van der Waals surface area contributed by atoms with Crippen LogP contribution in [0.25, 0.3) is 4.13 Å². The summed E-state index contributed by atoms with van der Waals surface area (Å²) in [6.07, 6.45) is 0. The lowest BCUT2D eigenvalue weighted by molar-refractivity contribution is -0.870. The minimum atomic E-state index is -6.72. The van der Waals surface area contributed by atoms with Gasteiger partial charge in [-0.1, -0.05) is 0 Å². The summed E-state index contributed by atoms with van der Waals surface area (Å²) in [7, 11) is -7.27. The van der Waals surface area contributed by atoms with Crippen LogP contribution in [0.1, 0.15) is 6.92 Å². The summed E-state index contributed by atoms with van der Waals surface area (Å²) in [6.45, 7) is 2.80. The third kappa shape index (κ3) is 11.2. The maximum absolute atomic E-state index is 11.4. The molecule has 0 aliphatic carbocycles. The van der Waals surface area contributed by atoms with Crippen molar-refractivity contribution in [2.45, 2.75) is 17.9 Å². The van der Waals surface area contributed by atoms with Gasteiger partial charge >= 0.3 is 17.0 Å². The van der Waals surface area contributed by atoms with E-state index in [1.54, 1.807) is 0 Å². The standard InChI is InChI=1S/C7H16NO2.C2F6NO4S2/c1-7(9)10-6-5-8(2,3)4;3-1(4,5)14(10,11)9-15(12,13)2(6,7)8/h5-6H2,1-4H3;/q+1;-1. The zero-order valence-electron chi connectivity index (χ0n) is 13.3. The molecule has 8 nitrogen and oxygen atoms in total. The van der Waals surface area contributed by atoms with Crippen LogP contribution in [0.2, 0.25) is 0 Å². The summed E-state index contributed by atoms with van der Waals surface area (Å²) >= 11 is 0. The minimum absolute atomic E-state index is 0.201. The summed E-state index contributed by atoms with van der Waals surface area (Å²) in [5.41, 5.74) is -12.4. The number of halogens is 6. The van der Waals surface area contributed by atoms with Gasteiger partial charge in [-0.25, -0.2) is 16.8 Å². The average Bonchev–Trinajstić information content (AvgIpc) is 2.22. The average molecular weight is 426 g/mol. The van der Waals surface area contributed by atoms with Gasteiger partial charge in [0.25, 0.3) is 0 Å². The van der Waals surface area contributed by atoms with E-state index in [0.29, 0.717) is 6.61 Å². The van der Waals surface area contributed by atoms with Crippen molar-refractivity contribution in [1.29, 1.82) is 0 Å². The molecule has 0 aliphatic rings. The number of quaternary nitrogens is 1. The number of rotatable bonds is 5. The Morgan fingerprint density at radius 3 is 1.44 bits per heavy atom. The van der Waals surface area contributed by atoms with Crippen molar-refractivity contribution in [3.63, 3.8) is 0 Å². The first kappa shape index (κ1) is 26.1. The van der Waals surface area contributed by atoms with Gasteiger partial charge in [0.2, 0.25) is 0 Å². The second kappa shape index (κ2) is 8.50. The Kier molecular flexibility index (Phi) is 8.88. The fourth-order valence-corrected chi connectivity index (χ4v) is 2.39. The van der Waals surface area contributed by atoms with E-state index in [0.717, 1.165) is 15.2 Å². The monoisotopic (exact) mass is 426 g/mol. The van der Waals surface area contributed by atoms with Gasteiger partial charge < -0.3 is 13.3 Å². The highest BCUT2D eigenvalue weighted by Crippen LogP contribution is 2.36. The Morgan fingerprint density at radius 2 is 1.24 bits per heavy atom. The zero-order valence-corrected chi connectivity index (χ0v) is 15.0. The Labute approximate surface area is 140 Å². The molecule has 0 saturated heterocycles. The second-order valence-electron chi connectivity index (χ2n) is 5.27. The summed E-state index contributed by atoms with van der Waals surface area (Å²) in [5, 5.41) is 0. The number of hydrogen-bond donors (Lipinski definition) is 0. The van der Waals surface area contributed by atoms with Gasteiger partial charge in [0.15, 0.2) is 20.0 Å². The van der Waals surface area contributed by atoms with Crippen molar-refractivity contribution in [2.75, 3.05) is 34.3 Å². The molecule has 0 fully saturated rings. The van der Waals surface area contributed by atoms with Crippen molar-refractivity contribution in [3.05, 3.63) is 4.13 Å². The first-order chi connectivity index (χ1) is 10.6. The molecule has 0 radical (unpaired) electrons. The van der Waals surface area contributed by atoms with E-state index in [2.05, 4.69) is 21.1 Å². The summed E-state index contributed by atoms with van der Waals surface area (Å²) in [6, 6.07) is 0. The summed E-state index contributed by atoms with van der Waals surface area (Å²) < 4.78 is 115. The largest absolute Gasteiger partial charge is 0.480 e. The van der Waals surface area contributed by atoms with Crippen LogP contribution in [0, 0.1) is 0 Å². The number of carbonyl (C=O) groups is 1. The second-order valence-corrected chi connectivity index (χ2v) is 8.69. The fraction of sp³-hybridized carbons (Fsp3) is 0.889. The maximum atomic E-state index is 11.4. The van der Waals surface area contributed by atoms with E-state index in [1.807, 2.05) is 0 Å². The number of sulfonamides is 2. The molecule has 0 spiro atoms. The normalized spacial score (nSPS) is 13.7. The molecule has 0 saturated carbocycles. The molecule has 0 aromatic heterocycles. The fourth-order valence-electron chi connectivity index (χ4n) is 0.677. The molecule has 25 heavy (non-hydrogen) atoms. The van der Waals surface area contributed by atoms with Crippen molar-refractivity contribution in [1.82, 2.24) is 0 Å². The topological polar surface area (TPSA) is 109 Å². The van der Waals surface area contributed by atoms with E-state index in [-0.39, 0.29) is 5.97 Å². The van der Waals surface area contributed by atoms with Gasteiger partial charge in [-0.15, -0.1) is 0 Å². The predicted molar refractivity (Wildman–Crippen MR) is 72.8 cm³/mol. The summed E-state index contributed by atoms with van der Waals surface area (Å²) in [4.78, 5) is 10.3. The molecule has 0 aliphatic heterocycles. The van der Waals surface area contributed by atoms with E-state index >= 15 is 0 Å². The van der Waals surface area contributed by atoms with Crippen molar-refractivity contribution in [2.24, 2.45) is 0 Å². The number of carbonyl (C=O) groups excluding carboxylic acids is 1. The van der Waals surface area contributed by atoms with Crippen LogP contribution < -0.4 is 0 Å². The third-order valence-corrected chi connectivity index (χ3v) is 4.59. The Morgan fingerprint density at radius 1 is 0.920 bits per heavy atom. The third-order valence-electron chi connectivity index (χ3n) is 1.85. The highest BCUT2D eigenvalue weighted by Gasteiger charge is 2.46. The molecule has 0 amide bonds. The lowest BCUT2D eigenvalue weighted by atomic mass is 10.5. The number of ether oxygens (including phenoxy) is 1. The van der Waals surface area contributed by atoms with Crippen LogP contribution in [0.4, 0.5) is 26.3 Å². The minimum Gasteiger partial charge on any atom is -0.460 e. The first-order valence-electron chi connectivity index (χ1n) is 5.93. The zero-order chi connectivity index (χ0) is 20.9. The van der Waals surface area contributed by atoms with Gasteiger partial charge in [-0.2, -0.15) is 26.3 Å². The molecule has 16 heteroatoms. The molecule has 0 heterocycles. The molecule has 0 unspecified atom stereocenters. The summed E-state index contributed by atoms with van der Waals surface area (Å²) in [5.74, 6) is -0.201. The van der Waals surface area contributed by atoms with Crippen LogP contribution in [-0.4, -0.2) is 72.6 Å². The van der Waals surface area contributed by atoms with Crippen LogP contribution in [-0.2, 0) is 29.6 Å². The quantitative estimate of drug-likeness (QED) is 0.373. The van der Waals surface area contributed by atoms with Crippen LogP contribution in [0.5, 0.6) is 0 Å². The van der Waals surface area contributed by atoms with E-state index < -0.39 is 31.1 Å². The van der Waals surface area contributed by atoms with Gasteiger partial charge in [-0.05, 0) is 0 Å². The van der Waals surface area contributed by atoms with E-state index in [9.17, 15) is 48.0 Å². The van der Waals surface area contributed by atoms with Crippen molar-refractivity contribution in [3.8, 4) is 0 Å². The van der Waals surface area contributed by atoms with Crippen molar-refractivity contribution >= 4 is 26.0 Å². The van der Waals surface area contributed by atoms with Crippen molar-refractivity contribution < 1.29 is 57.2 Å². The predicted octanol–water partition coefficient (Wildman–Crippen LogP) is 1.31. The number of nitrogens with zero attached hydrogens (tertiary/aromatic N) is 2. The number of alkyl halides is 6. The first-order valence-corrected chi connectivity index (χ1v) is 8.81. The highest BCUT2D eigenvalue weighted by atomic mass is 32.3. The number of esters is 1. The van der Waals surface area contributed by atoms with Crippen LogP contribution in [0.3, 0.4) is 0 Å². The Hall–Kier alpha value is -1.13. The van der Waals surface area contributed by atoms with Crippen LogP contribution >= 0.6 is 0 Å². The Balaban J connectivity index is 0.